The Kier molecular flexibility index (Phi) is 5.31. The summed E-state index contributed by atoms with van der Waals surface area (Å²) in [5.41, 5.74) is 0.407. The Morgan fingerprint density at radius 1 is 1.25 bits per heavy atom. The summed E-state index contributed by atoms with van der Waals surface area (Å²) >= 11 is 11.9. The number of carboxylic acid groups (broad SMARTS) is 1. The van der Waals surface area contributed by atoms with E-state index in [1.165, 1.54) is 19.1 Å². The van der Waals surface area contributed by atoms with Gasteiger partial charge in [-0.25, -0.2) is 9.59 Å². The van der Waals surface area contributed by atoms with Crippen LogP contribution in [0, 0.1) is 0 Å². The third-order valence-corrected chi connectivity index (χ3v) is 4.36. The van der Waals surface area contributed by atoms with Crippen molar-refractivity contribution < 1.29 is 24.2 Å². The van der Waals surface area contributed by atoms with Gasteiger partial charge in [0.1, 0.15) is 0 Å². The standard InChI is InChI=1S/C16H13Cl2NO5/c1-7-12(15(21)22)13(8-3-4-9(17)10(18)5-8)14(16(23)24-2)11(6-20)19-7/h3-6,13,19H,1-2H3,(H,21,22). The van der Waals surface area contributed by atoms with Crippen molar-refractivity contribution in [2.45, 2.75) is 12.8 Å². The van der Waals surface area contributed by atoms with Gasteiger partial charge in [0.25, 0.3) is 0 Å². The molecule has 0 spiro atoms. The van der Waals surface area contributed by atoms with Gasteiger partial charge in [0.2, 0.25) is 0 Å². The summed E-state index contributed by atoms with van der Waals surface area (Å²) in [6.45, 7) is 1.51. The summed E-state index contributed by atoms with van der Waals surface area (Å²) < 4.78 is 4.72. The Balaban J connectivity index is 2.77. The van der Waals surface area contributed by atoms with Crippen molar-refractivity contribution >= 4 is 41.4 Å². The van der Waals surface area contributed by atoms with E-state index in [1.54, 1.807) is 6.07 Å². The molecule has 1 heterocycles. The molecule has 6 nitrogen and oxygen atoms in total. The maximum atomic E-state index is 12.2. The first-order valence-electron chi connectivity index (χ1n) is 6.75. The van der Waals surface area contributed by atoms with Crippen molar-refractivity contribution in [3.05, 3.63) is 56.3 Å². The fourth-order valence-corrected chi connectivity index (χ4v) is 2.90. The molecule has 0 fully saturated rings. The minimum atomic E-state index is -1.23. The van der Waals surface area contributed by atoms with Gasteiger partial charge in [0, 0.05) is 5.70 Å². The van der Waals surface area contributed by atoms with E-state index in [0.29, 0.717) is 11.8 Å². The molecule has 0 saturated carbocycles. The second-order valence-corrected chi connectivity index (χ2v) is 5.83. The van der Waals surface area contributed by atoms with Gasteiger partial charge in [0.05, 0.1) is 39.9 Å². The number of carbonyl (C=O) groups is 3. The molecule has 0 amide bonds. The van der Waals surface area contributed by atoms with Crippen molar-refractivity contribution in [3.8, 4) is 0 Å². The van der Waals surface area contributed by atoms with Crippen LogP contribution in [0.2, 0.25) is 10.0 Å². The van der Waals surface area contributed by atoms with Crippen molar-refractivity contribution in [1.82, 2.24) is 5.32 Å². The third-order valence-electron chi connectivity index (χ3n) is 3.62. The molecule has 1 aliphatic heterocycles. The van der Waals surface area contributed by atoms with E-state index in [-0.39, 0.29) is 32.6 Å². The van der Waals surface area contributed by atoms with Gasteiger partial charge in [-0.15, -0.1) is 0 Å². The lowest BCUT2D eigenvalue weighted by atomic mass is 9.80. The van der Waals surface area contributed by atoms with Gasteiger partial charge in [-0.1, -0.05) is 29.3 Å². The zero-order chi connectivity index (χ0) is 18.0. The molecule has 2 rings (SSSR count). The number of benzene rings is 1. The molecule has 0 aromatic heterocycles. The van der Waals surface area contributed by atoms with Crippen LogP contribution in [0.3, 0.4) is 0 Å². The Bertz CT molecular complexity index is 798. The highest BCUT2D eigenvalue weighted by atomic mass is 35.5. The maximum Gasteiger partial charge on any atom is 0.336 e. The molecular weight excluding hydrogens is 357 g/mol. The first-order chi connectivity index (χ1) is 11.3. The Morgan fingerprint density at radius 2 is 1.92 bits per heavy atom. The average molecular weight is 370 g/mol. The van der Waals surface area contributed by atoms with E-state index in [4.69, 9.17) is 27.9 Å². The second-order valence-electron chi connectivity index (χ2n) is 5.01. The first-order valence-corrected chi connectivity index (χ1v) is 7.51. The number of ether oxygens (including phenoxy) is 1. The van der Waals surface area contributed by atoms with E-state index in [1.807, 2.05) is 0 Å². The zero-order valence-electron chi connectivity index (χ0n) is 12.7. The van der Waals surface area contributed by atoms with E-state index in [9.17, 15) is 19.5 Å². The number of methoxy groups -OCH3 is 1. The molecule has 8 heteroatoms. The number of allylic oxidation sites excluding steroid dienone is 2. The van der Waals surface area contributed by atoms with Crippen LogP contribution in [-0.4, -0.2) is 30.4 Å². The number of halogens is 2. The fraction of sp³-hybridized carbons (Fsp3) is 0.188. The van der Waals surface area contributed by atoms with E-state index in [2.05, 4.69) is 5.32 Å². The van der Waals surface area contributed by atoms with Crippen molar-refractivity contribution in [3.63, 3.8) is 0 Å². The van der Waals surface area contributed by atoms with Gasteiger partial charge in [-0.05, 0) is 24.6 Å². The van der Waals surface area contributed by atoms with Crippen molar-refractivity contribution in [2.24, 2.45) is 0 Å². The molecule has 1 aromatic rings. The summed E-state index contributed by atoms with van der Waals surface area (Å²) in [5, 5.41) is 12.7. The smallest absolute Gasteiger partial charge is 0.336 e. The summed E-state index contributed by atoms with van der Waals surface area (Å²) in [7, 11) is 1.15. The first kappa shape index (κ1) is 18.0. The molecule has 0 bridgehead atoms. The lowest BCUT2D eigenvalue weighted by Crippen LogP contribution is -2.33. The number of aldehydes is 1. The number of hydrogen-bond acceptors (Lipinski definition) is 5. The highest BCUT2D eigenvalue weighted by Crippen LogP contribution is 2.40. The number of esters is 1. The lowest BCUT2D eigenvalue weighted by molar-refractivity contribution is -0.136. The normalized spacial score (nSPS) is 17.4. The predicted octanol–water partition coefficient (Wildman–Crippen LogP) is 2.66. The summed E-state index contributed by atoms with van der Waals surface area (Å²) in [6.07, 6.45) is 0.443. The molecule has 24 heavy (non-hydrogen) atoms. The number of dihydropyridines is 1. The molecule has 0 aliphatic carbocycles. The summed E-state index contributed by atoms with van der Waals surface area (Å²) in [4.78, 5) is 35.3. The zero-order valence-corrected chi connectivity index (χ0v) is 14.2. The van der Waals surface area contributed by atoms with E-state index < -0.39 is 17.9 Å². The average Bonchev–Trinajstić information content (AvgIpc) is 2.55. The molecule has 0 radical (unpaired) electrons. The van der Waals surface area contributed by atoms with E-state index >= 15 is 0 Å². The lowest BCUT2D eigenvalue weighted by Gasteiger charge is -2.28. The molecule has 2 N–H and O–H groups in total. The SMILES string of the molecule is COC(=O)C1=C(C=O)NC(C)=C(C(=O)O)C1c1ccc(Cl)c(Cl)c1. The third kappa shape index (κ3) is 3.16. The van der Waals surface area contributed by atoms with Gasteiger partial charge in [0.15, 0.2) is 6.29 Å². The molecule has 1 aromatic carbocycles. The van der Waals surface area contributed by atoms with Gasteiger partial charge in [-0.3, -0.25) is 4.79 Å². The Labute approximate surface area is 147 Å². The molecule has 1 aliphatic rings. The fourth-order valence-electron chi connectivity index (χ4n) is 2.59. The van der Waals surface area contributed by atoms with Crippen LogP contribution >= 0.6 is 23.2 Å². The van der Waals surface area contributed by atoms with Crippen LogP contribution in [0.25, 0.3) is 0 Å². The Hall–Kier alpha value is -2.31. The van der Waals surface area contributed by atoms with Crippen LogP contribution in [0.5, 0.6) is 0 Å². The van der Waals surface area contributed by atoms with Crippen molar-refractivity contribution in [2.75, 3.05) is 7.11 Å². The number of rotatable bonds is 4. The largest absolute Gasteiger partial charge is 0.478 e. The minimum absolute atomic E-state index is 0.0552. The van der Waals surface area contributed by atoms with E-state index in [0.717, 1.165) is 7.11 Å². The van der Waals surface area contributed by atoms with Gasteiger partial charge < -0.3 is 15.2 Å². The molecule has 0 saturated heterocycles. The molecule has 1 unspecified atom stereocenters. The number of nitrogens with one attached hydrogen (secondary N) is 1. The minimum Gasteiger partial charge on any atom is -0.478 e. The number of carboxylic acids is 1. The van der Waals surface area contributed by atoms with Crippen LogP contribution in [-0.2, 0) is 19.1 Å². The van der Waals surface area contributed by atoms with Crippen LogP contribution in [0.15, 0.2) is 40.7 Å². The Morgan fingerprint density at radius 3 is 2.42 bits per heavy atom. The highest BCUT2D eigenvalue weighted by molar-refractivity contribution is 6.42. The topological polar surface area (TPSA) is 92.7 Å². The highest BCUT2D eigenvalue weighted by Gasteiger charge is 2.38. The van der Waals surface area contributed by atoms with Crippen molar-refractivity contribution in [1.29, 1.82) is 0 Å². The maximum absolute atomic E-state index is 12.2. The second kappa shape index (κ2) is 7.07. The quantitative estimate of drug-likeness (QED) is 0.625. The summed E-state index contributed by atoms with van der Waals surface area (Å²) in [6, 6.07) is 4.50. The van der Waals surface area contributed by atoms with Crippen LogP contribution in [0.1, 0.15) is 18.4 Å². The summed E-state index contributed by atoms with van der Waals surface area (Å²) in [5.74, 6) is -3.07. The molecule has 1 atom stereocenters. The molecule has 126 valence electrons. The number of carbonyl (C=O) groups excluding carboxylic acids is 2. The number of hydrogen-bond donors (Lipinski definition) is 2. The van der Waals surface area contributed by atoms with Crippen LogP contribution in [0.4, 0.5) is 0 Å². The monoisotopic (exact) mass is 369 g/mol. The van der Waals surface area contributed by atoms with Gasteiger partial charge in [-0.2, -0.15) is 0 Å². The number of aliphatic carboxylic acids is 1. The van der Waals surface area contributed by atoms with Crippen LogP contribution < -0.4 is 5.32 Å². The predicted molar refractivity (Wildman–Crippen MR) is 87.8 cm³/mol. The molecular formula is C16H13Cl2NO5. The van der Waals surface area contributed by atoms with Gasteiger partial charge >= 0.3 is 11.9 Å².